The van der Waals surface area contributed by atoms with Gasteiger partial charge in [0.05, 0.1) is 5.02 Å². The molecule has 29 heavy (non-hydrogen) atoms. The summed E-state index contributed by atoms with van der Waals surface area (Å²) in [6.07, 6.45) is 1.05. The zero-order valence-corrected chi connectivity index (χ0v) is 17.4. The Morgan fingerprint density at radius 1 is 1.17 bits per heavy atom. The van der Waals surface area contributed by atoms with E-state index in [4.69, 9.17) is 16.3 Å². The van der Waals surface area contributed by atoms with Gasteiger partial charge in [-0.2, -0.15) is 0 Å². The molecule has 0 aliphatic rings. The second-order valence-corrected chi connectivity index (χ2v) is 7.94. The van der Waals surface area contributed by atoms with E-state index in [1.807, 2.05) is 49.4 Å². The van der Waals surface area contributed by atoms with Gasteiger partial charge in [0.1, 0.15) is 21.1 Å². The van der Waals surface area contributed by atoms with Crippen LogP contribution in [0.2, 0.25) is 5.02 Å². The van der Waals surface area contributed by atoms with Gasteiger partial charge in [-0.25, -0.2) is 9.97 Å². The largest absolute Gasteiger partial charge is 0.479 e. The van der Waals surface area contributed by atoms with Crippen molar-refractivity contribution in [1.29, 1.82) is 0 Å². The molecule has 4 aromatic rings. The van der Waals surface area contributed by atoms with Crippen molar-refractivity contribution in [2.24, 2.45) is 0 Å². The minimum Gasteiger partial charge on any atom is -0.479 e. The van der Waals surface area contributed by atoms with Gasteiger partial charge in [-0.15, -0.1) is 0 Å². The Bertz CT molecular complexity index is 1160. The maximum atomic E-state index is 12.7. The van der Waals surface area contributed by atoms with Gasteiger partial charge in [0.2, 0.25) is 0 Å². The Hall–Kier alpha value is -2.96. The van der Waals surface area contributed by atoms with Crippen LogP contribution in [0.4, 0.5) is 5.69 Å². The molecule has 1 atom stereocenters. The summed E-state index contributed by atoms with van der Waals surface area (Å²) < 4.78 is 5.71. The van der Waals surface area contributed by atoms with Crippen LogP contribution >= 0.6 is 22.9 Å². The first-order valence-electron chi connectivity index (χ1n) is 9.06. The molecular formula is C22H18ClN3O2S. The van der Waals surface area contributed by atoms with Crippen LogP contribution in [-0.4, -0.2) is 22.0 Å². The molecule has 0 fully saturated rings. The highest BCUT2D eigenvalue weighted by Gasteiger charge is 2.18. The van der Waals surface area contributed by atoms with E-state index in [1.165, 1.54) is 11.3 Å². The van der Waals surface area contributed by atoms with Crippen LogP contribution in [0.1, 0.15) is 12.5 Å². The molecule has 4 rings (SSSR count). The van der Waals surface area contributed by atoms with Crippen LogP contribution in [0.15, 0.2) is 60.8 Å². The minimum absolute atomic E-state index is 0.254. The first-order valence-corrected chi connectivity index (χ1v) is 10.3. The number of amides is 1. The molecule has 1 unspecified atom stereocenters. The lowest BCUT2D eigenvalue weighted by molar-refractivity contribution is -0.122. The predicted octanol–water partition coefficient (Wildman–Crippen LogP) is 5.73. The zero-order chi connectivity index (χ0) is 20.4. The van der Waals surface area contributed by atoms with Gasteiger partial charge in [-0.3, -0.25) is 4.79 Å². The number of rotatable bonds is 5. The van der Waals surface area contributed by atoms with Crippen molar-refractivity contribution in [3.8, 4) is 16.3 Å². The highest BCUT2D eigenvalue weighted by Crippen LogP contribution is 2.31. The number of halogens is 1. The number of hydrogen-bond donors (Lipinski definition) is 1. The number of carbonyl (C=O) groups excluding carboxylic acids is 1. The number of aromatic nitrogens is 2. The lowest BCUT2D eigenvalue weighted by atomic mass is 10.1. The number of aryl methyl sites for hydroxylation is 1. The summed E-state index contributed by atoms with van der Waals surface area (Å²) in [6, 6.07) is 16.8. The van der Waals surface area contributed by atoms with Crippen LogP contribution in [0, 0.1) is 6.92 Å². The molecule has 0 bridgehead atoms. The summed E-state index contributed by atoms with van der Waals surface area (Å²) in [5.74, 6) is 0.223. The van der Waals surface area contributed by atoms with Crippen molar-refractivity contribution in [2.45, 2.75) is 20.0 Å². The van der Waals surface area contributed by atoms with Gasteiger partial charge < -0.3 is 10.1 Å². The number of anilines is 1. The minimum atomic E-state index is -0.704. The maximum Gasteiger partial charge on any atom is 0.265 e. The number of thiazole rings is 1. The highest BCUT2D eigenvalue weighted by atomic mass is 35.5. The zero-order valence-electron chi connectivity index (χ0n) is 15.8. The molecule has 2 heterocycles. The average molecular weight is 424 g/mol. The third-order valence-electron chi connectivity index (χ3n) is 4.42. The Morgan fingerprint density at radius 2 is 2.00 bits per heavy atom. The molecule has 146 valence electrons. The number of ether oxygens (including phenoxy) is 1. The van der Waals surface area contributed by atoms with E-state index in [0.717, 1.165) is 26.5 Å². The number of hydrogen-bond acceptors (Lipinski definition) is 5. The van der Waals surface area contributed by atoms with Crippen LogP contribution in [-0.2, 0) is 4.79 Å². The van der Waals surface area contributed by atoms with Crippen LogP contribution in [0.25, 0.3) is 20.9 Å². The number of fused-ring (bicyclic) bond motifs is 1. The van der Waals surface area contributed by atoms with Gasteiger partial charge in [0.15, 0.2) is 6.10 Å². The standard InChI is InChI=1S/C22H18ClN3O2S/c1-13-9-10-15(21-26-17-7-5-11-24-22(17)29-21)12-18(13)25-20(27)14(2)28-19-8-4-3-6-16(19)23/h3-12,14H,1-2H3,(H,25,27). The summed E-state index contributed by atoms with van der Waals surface area (Å²) >= 11 is 7.63. The lowest BCUT2D eigenvalue weighted by Crippen LogP contribution is -2.30. The molecule has 0 saturated carbocycles. The number of nitrogens with zero attached hydrogens (tertiary/aromatic N) is 2. The molecule has 0 spiro atoms. The van der Waals surface area contributed by atoms with E-state index in [-0.39, 0.29) is 5.91 Å². The van der Waals surface area contributed by atoms with Crippen LogP contribution in [0.3, 0.4) is 0 Å². The van der Waals surface area contributed by atoms with Crippen LogP contribution in [0.5, 0.6) is 5.75 Å². The van der Waals surface area contributed by atoms with Crippen LogP contribution < -0.4 is 10.1 Å². The maximum absolute atomic E-state index is 12.7. The molecule has 1 N–H and O–H groups in total. The van der Waals surface area contributed by atoms with E-state index < -0.39 is 6.10 Å². The number of pyridine rings is 1. The average Bonchev–Trinajstić information content (AvgIpc) is 3.15. The van der Waals surface area contributed by atoms with Crippen molar-refractivity contribution in [1.82, 2.24) is 9.97 Å². The summed E-state index contributed by atoms with van der Waals surface area (Å²) in [5.41, 5.74) is 3.45. The van der Waals surface area contributed by atoms with E-state index in [1.54, 1.807) is 25.3 Å². The van der Waals surface area contributed by atoms with E-state index >= 15 is 0 Å². The SMILES string of the molecule is Cc1ccc(-c2nc3cccnc3s2)cc1NC(=O)C(C)Oc1ccccc1Cl. The summed E-state index contributed by atoms with van der Waals surface area (Å²) in [6.45, 7) is 3.63. The quantitative estimate of drug-likeness (QED) is 0.445. The summed E-state index contributed by atoms with van der Waals surface area (Å²) in [4.78, 5) is 22.5. The molecule has 5 nitrogen and oxygen atoms in total. The van der Waals surface area contributed by atoms with Crippen molar-refractivity contribution in [3.05, 3.63) is 71.4 Å². The first kappa shape index (κ1) is 19.4. The smallest absolute Gasteiger partial charge is 0.265 e. The molecule has 0 radical (unpaired) electrons. The molecule has 0 aliphatic heterocycles. The molecule has 0 saturated heterocycles. The van der Waals surface area contributed by atoms with Gasteiger partial charge in [0.25, 0.3) is 5.91 Å². The predicted molar refractivity (Wildman–Crippen MR) is 118 cm³/mol. The Kier molecular flexibility index (Phi) is 5.47. The number of carbonyl (C=O) groups is 1. The van der Waals surface area contributed by atoms with Gasteiger partial charge in [-0.1, -0.05) is 47.2 Å². The fraction of sp³-hybridized carbons (Fsp3) is 0.136. The summed E-state index contributed by atoms with van der Waals surface area (Å²) in [7, 11) is 0. The van der Waals surface area contributed by atoms with Crippen molar-refractivity contribution >= 4 is 44.9 Å². The van der Waals surface area contributed by atoms with Gasteiger partial charge >= 0.3 is 0 Å². The molecule has 2 aromatic carbocycles. The molecule has 0 aliphatic carbocycles. The van der Waals surface area contributed by atoms with Crippen molar-refractivity contribution < 1.29 is 9.53 Å². The lowest BCUT2D eigenvalue weighted by Gasteiger charge is -2.17. The molecule has 2 aromatic heterocycles. The molecular weight excluding hydrogens is 406 g/mol. The van der Waals surface area contributed by atoms with E-state index in [9.17, 15) is 4.79 Å². The normalized spacial score (nSPS) is 12.0. The molecule has 1 amide bonds. The second-order valence-electron chi connectivity index (χ2n) is 6.56. The van der Waals surface area contributed by atoms with Gasteiger partial charge in [0, 0.05) is 17.4 Å². The fourth-order valence-electron chi connectivity index (χ4n) is 2.80. The first-order chi connectivity index (χ1) is 14.0. The van der Waals surface area contributed by atoms with Gasteiger partial charge in [-0.05, 0) is 49.7 Å². The monoisotopic (exact) mass is 423 g/mol. The Balaban J connectivity index is 1.54. The van der Waals surface area contributed by atoms with Crippen molar-refractivity contribution in [3.63, 3.8) is 0 Å². The van der Waals surface area contributed by atoms with Crippen molar-refractivity contribution in [2.75, 3.05) is 5.32 Å². The third-order valence-corrected chi connectivity index (χ3v) is 5.76. The fourth-order valence-corrected chi connectivity index (χ4v) is 3.89. The summed E-state index contributed by atoms with van der Waals surface area (Å²) in [5, 5.41) is 4.27. The third kappa shape index (κ3) is 4.23. The molecule has 7 heteroatoms. The topological polar surface area (TPSA) is 64.1 Å². The number of benzene rings is 2. The highest BCUT2D eigenvalue weighted by molar-refractivity contribution is 7.21. The number of nitrogens with one attached hydrogen (secondary N) is 1. The second kappa shape index (κ2) is 8.19. The van der Waals surface area contributed by atoms with E-state index in [2.05, 4.69) is 15.3 Å². The van der Waals surface area contributed by atoms with E-state index in [0.29, 0.717) is 16.5 Å². The Labute approximate surface area is 177 Å². The Morgan fingerprint density at radius 3 is 2.79 bits per heavy atom. The number of para-hydroxylation sites is 1.